The van der Waals surface area contributed by atoms with E-state index in [4.69, 9.17) is 14.6 Å². The third-order valence-corrected chi connectivity index (χ3v) is 8.12. The van der Waals surface area contributed by atoms with Crippen LogP contribution in [-0.2, 0) is 4.74 Å². The summed E-state index contributed by atoms with van der Waals surface area (Å²) in [6.45, 7) is 8.64. The van der Waals surface area contributed by atoms with E-state index in [1.165, 1.54) is 49.9 Å². The van der Waals surface area contributed by atoms with Crippen molar-refractivity contribution in [3.8, 4) is 28.3 Å². The fourth-order valence-electron chi connectivity index (χ4n) is 6.10. The summed E-state index contributed by atoms with van der Waals surface area (Å²) < 4.78 is 12.9. The topological polar surface area (TPSA) is 80.6 Å². The Hall–Kier alpha value is -3.23. The molecule has 4 aromatic rings. The minimum absolute atomic E-state index is 0.287. The number of methoxy groups -OCH3 is 1. The molecule has 2 aliphatic heterocycles. The largest absolute Gasteiger partial charge is 0.493 e. The fraction of sp³-hybridized carbons (Fsp3) is 0.483. The maximum absolute atomic E-state index is 5.59. The van der Waals surface area contributed by atoms with Crippen LogP contribution in [0.4, 0.5) is 0 Å². The Morgan fingerprint density at radius 1 is 1.03 bits per heavy atom. The monoisotopic (exact) mass is 500 g/mol. The van der Waals surface area contributed by atoms with Crippen LogP contribution in [0.2, 0.25) is 0 Å². The van der Waals surface area contributed by atoms with Gasteiger partial charge < -0.3 is 14.4 Å². The van der Waals surface area contributed by atoms with Crippen molar-refractivity contribution in [1.29, 1.82) is 0 Å². The van der Waals surface area contributed by atoms with Crippen LogP contribution in [0.3, 0.4) is 0 Å². The number of benzene rings is 1. The smallest absolute Gasteiger partial charge is 0.197 e. The van der Waals surface area contributed by atoms with Crippen molar-refractivity contribution in [2.45, 2.75) is 57.4 Å². The highest BCUT2D eigenvalue weighted by atomic mass is 16.5. The van der Waals surface area contributed by atoms with E-state index in [0.717, 1.165) is 35.7 Å². The van der Waals surface area contributed by atoms with Gasteiger partial charge in [-0.1, -0.05) is 38.1 Å². The summed E-state index contributed by atoms with van der Waals surface area (Å²) in [4.78, 5) is 7.00. The molecule has 8 heteroatoms. The molecule has 0 spiro atoms. The van der Waals surface area contributed by atoms with Crippen LogP contribution in [0, 0.1) is 0 Å². The van der Waals surface area contributed by atoms with E-state index < -0.39 is 0 Å². The van der Waals surface area contributed by atoms with Crippen LogP contribution in [0.5, 0.6) is 5.75 Å². The van der Waals surface area contributed by atoms with Crippen LogP contribution in [-0.4, -0.2) is 69.2 Å². The molecule has 2 fully saturated rings. The van der Waals surface area contributed by atoms with E-state index in [0.29, 0.717) is 23.4 Å². The lowest BCUT2D eigenvalue weighted by Crippen LogP contribution is -2.43. The number of aromatic nitrogens is 5. The molecule has 1 aromatic carbocycles. The van der Waals surface area contributed by atoms with Crippen molar-refractivity contribution >= 4 is 5.65 Å². The van der Waals surface area contributed by atoms with Crippen molar-refractivity contribution < 1.29 is 9.47 Å². The third kappa shape index (κ3) is 4.64. The highest BCUT2D eigenvalue weighted by molar-refractivity contribution is 5.76. The number of nitrogens with one attached hydrogen (secondary N) is 1. The fourth-order valence-corrected chi connectivity index (χ4v) is 6.10. The summed E-state index contributed by atoms with van der Waals surface area (Å²) in [5, 5.41) is 12.4. The Bertz CT molecular complexity index is 1340. The molecule has 0 radical (unpaired) electrons. The van der Waals surface area contributed by atoms with Crippen LogP contribution in [0.1, 0.15) is 62.5 Å². The van der Waals surface area contributed by atoms with Crippen LogP contribution >= 0.6 is 0 Å². The van der Waals surface area contributed by atoms with Crippen LogP contribution in [0.15, 0.2) is 42.9 Å². The lowest BCUT2D eigenvalue weighted by atomic mass is 9.87. The highest BCUT2D eigenvalue weighted by Gasteiger charge is 2.27. The first-order valence-corrected chi connectivity index (χ1v) is 13.5. The Kier molecular flexibility index (Phi) is 6.69. The lowest BCUT2D eigenvalue weighted by molar-refractivity contribution is 0.0252. The number of ether oxygens (including phenoxy) is 2. The predicted molar refractivity (Wildman–Crippen MR) is 144 cm³/mol. The van der Waals surface area contributed by atoms with E-state index in [-0.39, 0.29) is 5.92 Å². The molecule has 3 aromatic heterocycles. The first kappa shape index (κ1) is 24.1. The summed E-state index contributed by atoms with van der Waals surface area (Å²) in [6, 6.07) is 11.8. The molecule has 0 atom stereocenters. The first-order valence-electron chi connectivity index (χ1n) is 13.5. The molecule has 0 saturated carbocycles. The zero-order valence-electron chi connectivity index (χ0n) is 22.0. The normalized spacial score (nSPS) is 18.2. The van der Waals surface area contributed by atoms with Gasteiger partial charge in [-0.25, -0.2) is 9.50 Å². The summed E-state index contributed by atoms with van der Waals surface area (Å²) >= 11 is 0. The molecule has 0 amide bonds. The Morgan fingerprint density at radius 2 is 1.78 bits per heavy atom. The van der Waals surface area contributed by atoms with E-state index in [1.54, 1.807) is 18.0 Å². The van der Waals surface area contributed by atoms with Gasteiger partial charge in [0, 0.05) is 42.1 Å². The number of nitrogens with zero attached hydrogens (tertiary/aromatic N) is 5. The third-order valence-electron chi connectivity index (χ3n) is 8.12. The van der Waals surface area contributed by atoms with Gasteiger partial charge in [0.15, 0.2) is 11.4 Å². The number of aromatic amines is 1. The Morgan fingerprint density at radius 3 is 2.49 bits per heavy atom. The molecular weight excluding hydrogens is 464 g/mol. The summed E-state index contributed by atoms with van der Waals surface area (Å²) in [5.74, 6) is 1.61. The second kappa shape index (κ2) is 10.3. The number of fused-ring (bicyclic) bond motifs is 1. The standard InChI is InChI=1S/C29H36N6O2/c1-19(2)26-27(32-33-28(26)23-16-25(36-3)29-30-18-31-35(29)17-23)22-6-4-20(5-7-22)21-8-12-34(13-9-21)24-10-14-37-15-11-24/h4-7,16-19,21,24H,8-15H2,1-3H3,(H,32,33). The summed E-state index contributed by atoms with van der Waals surface area (Å²) in [7, 11) is 1.66. The van der Waals surface area contributed by atoms with Gasteiger partial charge in [0.1, 0.15) is 6.33 Å². The van der Waals surface area contributed by atoms with Crippen molar-refractivity contribution in [3.05, 3.63) is 54.0 Å². The predicted octanol–water partition coefficient (Wildman–Crippen LogP) is 5.28. The second-order valence-electron chi connectivity index (χ2n) is 10.6. The van der Waals surface area contributed by atoms with Gasteiger partial charge in [-0.2, -0.15) is 10.2 Å². The number of piperidine rings is 1. The molecule has 1 N–H and O–H groups in total. The minimum Gasteiger partial charge on any atom is -0.493 e. The first-order chi connectivity index (χ1) is 18.1. The molecule has 8 nitrogen and oxygen atoms in total. The van der Waals surface area contributed by atoms with Gasteiger partial charge >= 0.3 is 0 Å². The van der Waals surface area contributed by atoms with Gasteiger partial charge in [0.25, 0.3) is 0 Å². The molecule has 0 unspecified atom stereocenters. The maximum atomic E-state index is 5.59. The van der Waals surface area contributed by atoms with Crippen molar-refractivity contribution in [2.75, 3.05) is 33.4 Å². The van der Waals surface area contributed by atoms with E-state index in [9.17, 15) is 0 Å². The SMILES string of the molecule is COc1cc(-c2[nH]nc(-c3ccc(C4CCN(C5CCOCC5)CC4)cc3)c2C(C)C)cn2ncnc12. The van der Waals surface area contributed by atoms with Gasteiger partial charge in [-0.15, -0.1) is 0 Å². The number of pyridine rings is 1. The molecule has 6 rings (SSSR count). The highest BCUT2D eigenvalue weighted by Crippen LogP contribution is 2.38. The number of H-pyrrole nitrogens is 1. The van der Waals surface area contributed by atoms with E-state index >= 15 is 0 Å². The summed E-state index contributed by atoms with van der Waals surface area (Å²) in [6.07, 6.45) is 8.34. The number of likely N-dealkylation sites (tertiary alicyclic amines) is 1. The van der Waals surface area contributed by atoms with Gasteiger partial charge in [0.2, 0.25) is 0 Å². The number of hydrogen-bond acceptors (Lipinski definition) is 6. The van der Waals surface area contributed by atoms with Crippen molar-refractivity contribution in [1.82, 2.24) is 29.7 Å². The van der Waals surface area contributed by atoms with Crippen molar-refractivity contribution in [2.24, 2.45) is 0 Å². The molecule has 37 heavy (non-hydrogen) atoms. The summed E-state index contributed by atoms with van der Waals surface area (Å²) in [5.41, 5.74) is 7.45. The molecule has 5 heterocycles. The zero-order valence-corrected chi connectivity index (χ0v) is 22.0. The quantitative estimate of drug-likeness (QED) is 0.388. The molecule has 194 valence electrons. The molecule has 0 aliphatic carbocycles. The number of rotatable bonds is 6. The Balaban J connectivity index is 1.23. The maximum Gasteiger partial charge on any atom is 0.197 e. The zero-order chi connectivity index (χ0) is 25.4. The van der Waals surface area contributed by atoms with Crippen molar-refractivity contribution in [3.63, 3.8) is 0 Å². The average molecular weight is 501 g/mol. The number of hydrogen-bond donors (Lipinski definition) is 1. The molecular formula is C29H36N6O2. The lowest BCUT2D eigenvalue weighted by Gasteiger charge is -2.39. The molecule has 2 saturated heterocycles. The molecule has 2 aliphatic rings. The minimum atomic E-state index is 0.287. The van der Waals surface area contributed by atoms with Crippen LogP contribution in [0.25, 0.3) is 28.2 Å². The van der Waals surface area contributed by atoms with Crippen LogP contribution < -0.4 is 4.74 Å². The van der Waals surface area contributed by atoms with Gasteiger partial charge in [0.05, 0.1) is 18.5 Å². The molecule has 0 bridgehead atoms. The van der Waals surface area contributed by atoms with Gasteiger partial charge in [-0.3, -0.25) is 5.10 Å². The Labute approximate surface area is 218 Å². The van der Waals surface area contributed by atoms with E-state index in [1.807, 2.05) is 12.3 Å². The average Bonchev–Trinajstić information content (AvgIpc) is 3.61. The second-order valence-corrected chi connectivity index (χ2v) is 10.6. The van der Waals surface area contributed by atoms with Gasteiger partial charge in [-0.05, 0) is 62.2 Å². The van der Waals surface area contributed by atoms with E-state index in [2.05, 4.69) is 58.2 Å².